The zero-order valence-corrected chi connectivity index (χ0v) is 14.7. The fourth-order valence-electron chi connectivity index (χ4n) is 2.71. The van der Waals surface area contributed by atoms with Crippen LogP contribution in [0.25, 0.3) is 0 Å². The third kappa shape index (κ3) is 3.64. The molecular formula is C16H15F3N2OS2. The second-order valence-corrected chi connectivity index (χ2v) is 8.24. The fraction of sp³-hybridized carbons (Fsp3) is 0.438. The number of nitrogens with zero attached hydrogens (tertiary/aromatic N) is 2. The van der Waals surface area contributed by atoms with Gasteiger partial charge in [-0.2, -0.15) is 24.5 Å². The molecule has 0 radical (unpaired) electrons. The van der Waals surface area contributed by atoms with Crippen LogP contribution in [0.1, 0.15) is 47.4 Å². The summed E-state index contributed by atoms with van der Waals surface area (Å²) < 4.78 is 38.7. The molecule has 0 unspecified atom stereocenters. The number of aromatic nitrogens is 2. The summed E-state index contributed by atoms with van der Waals surface area (Å²) in [6.07, 6.45) is -1.72. The van der Waals surface area contributed by atoms with Gasteiger partial charge in [-0.1, -0.05) is 25.6 Å². The minimum atomic E-state index is -4.34. The van der Waals surface area contributed by atoms with Crippen molar-refractivity contribution in [2.75, 3.05) is 0 Å². The van der Waals surface area contributed by atoms with Gasteiger partial charge in [0.25, 0.3) is 0 Å². The molecule has 1 aliphatic carbocycles. The van der Waals surface area contributed by atoms with Crippen LogP contribution in [0.3, 0.4) is 0 Å². The van der Waals surface area contributed by atoms with E-state index in [1.807, 2.05) is 13.8 Å². The number of alkyl halides is 3. The van der Waals surface area contributed by atoms with E-state index in [1.165, 1.54) is 11.6 Å². The number of thiophene rings is 1. The van der Waals surface area contributed by atoms with Gasteiger partial charge in [0.1, 0.15) is 0 Å². The lowest BCUT2D eigenvalue weighted by Gasteiger charge is -2.29. The van der Waals surface area contributed by atoms with Gasteiger partial charge in [0.2, 0.25) is 0 Å². The van der Waals surface area contributed by atoms with E-state index < -0.39 is 11.7 Å². The van der Waals surface area contributed by atoms with Crippen molar-refractivity contribution in [1.82, 2.24) is 9.97 Å². The van der Waals surface area contributed by atoms with Gasteiger partial charge in [-0.25, -0.2) is 9.97 Å². The highest BCUT2D eigenvalue weighted by molar-refractivity contribution is 7.98. The predicted octanol–water partition coefficient (Wildman–Crippen LogP) is 5.00. The number of rotatable bonds is 3. The van der Waals surface area contributed by atoms with Crippen molar-refractivity contribution in [3.05, 3.63) is 39.3 Å². The van der Waals surface area contributed by atoms with Crippen molar-refractivity contribution in [3.8, 4) is 0 Å². The molecular weight excluding hydrogens is 357 g/mol. The molecule has 1 aliphatic rings. The average molecular weight is 372 g/mol. The summed E-state index contributed by atoms with van der Waals surface area (Å²) >= 11 is 2.19. The Bertz CT molecular complexity index is 784. The molecule has 0 aromatic carbocycles. The number of Topliss-reactive ketones (excluding diaryl/α,β-unsaturated/α-hetero) is 1. The third-order valence-corrected chi connectivity index (χ3v) is 5.54. The second-order valence-electron chi connectivity index (χ2n) is 6.55. The molecule has 0 fully saturated rings. The molecule has 0 saturated heterocycles. The van der Waals surface area contributed by atoms with Crippen LogP contribution in [-0.4, -0.2) is 15.8 Å². The zero-order valence-electron chi connectivity index (χ0n) is 13.1. The Morgan fingerprint density at radius 3 is 2.75 bits per heavy atom. The van der Waals surface area contributed by atoms with Crippen LogP contribution in [-0.2, 0) is 18.3 Å². The summed E-state index contributed by atoms with van der Waals surface area (Å²) in [7, 11) is 0. The summed E-state index contributed by atoms with van der Waals surface area (Å²) in [5.41, 5.74) is 0.696. The van der Waals surface area contributed by atoms with E-state index in [-0.39, 0.29) is 22.5 Å². The van der Waals surface area contributed by atoms with E-state index in [9.17, 15) is 18.0 Å². The number of thioether (sulfide) groups is 1. The van der Waals surface area contributed by atoms with Crippen molar-refractivity contribution in [2.24, 2.45) is 5.41 Å². The van der Waals surface area contributed by atoms with Gasteiger partial charge in [0.15, 0.2) is 10.9 Å². The maximum Gasteiger partial charge on any atom is 0.417 e. The lowest BCUT2D eigenvalue weighted by atomic mass is 9.76. The van der Waals surface area contributed by atoms with Crippen molar-refractivity contribution >= 4 is 28.9 Å². The second kappa shape index (κ2) is 6.15. The number of carbonyl (C=O) groups excluding carboxylic acids is 1. The van der Waals surface area contributed by atoms with Crippen LogP contribution in [0.5, 0.6) is 0 Å². The molecule has 0 spiro atoms. The van der Waals surface area contributed by atoms with Crippen molar-refractivity contribution in [2.45, 2.75) is 43.8 Å². The highest BCUT2D eigenvalue weighted by Crippen LogP contribution is 2.37. The fourth-order valence-corrected chi connectivity index (χ4v) is 4.50. The Morgan fingerprint density at radius 1 is 1.29 bits per heavy atom. The molecule has 0 amide bonds. The summed E-state index contributed by atoms with van der Waals surface area (Å²) in [6, 6.07) is 0. The quantitative estimate of drug-likeness (QED) is 0.561. The molecule has 3 nitrogen and oxygen atoms in total. The maximum absolute atomic E-state index is 12.9. The van der Waals surface area contributed by atoms with Crippen molar-refractivity contribution < 1.29 is 18.0 Å². The van der Waals surface area contributed by atoms with Crippen LogP contribution in [0.15, 0.2) is 22.1 Å². The molecule has 128 valence electrons. The van der Waals surface area contributed by atoms with Gasteiger partial charge < -0.3 is 0 Å². The highest BCUT2D eigenvalue weighted by atomic mass is 32.2. The minimum absolute atomic E-state index is 0.0231. The van der Waals surface area contributed by atoms with Gasteiger partial charge in [0.05, 0.1) is 16.8 Å². The molecule has 0 atom stereocenters. The summed E-state index contributed by atoms with van der Waals surface area (Å²) in [5.74, 6) is 0.170. The molecule has 0 aliphatic heterocycles. The molecule has 3 rings (SSSR count). The standard InChI is InChI=1S/C16H15F3N2OS2/c1-15(2)3-12-10(13(22)4-15)5-20-14(21-12)24-7-9-6-23-8-11(9)16(17,18)19/h5-6,8H,3-4,7H2,1-2H3. The molecule has 8 heteroatoms. The summed E-state index contributed by atoms with van der Waals surface area (Å²) in [6.45, 7) is 4.01. The Kier molecular flexibility index (Phi) is 4.46. The third-order valence-electron chi connectivity index (χ3n) is 3.84. The van der Waals surface area contributed by atoms with E-state index in [1.54, 1.807) is 0 Å². The smallest absolute Gasteiger partial charge is 0.294 e. The number of hydrogen-bond acceptors (Lipinski definition) is 5. The maximum atomic E-state index is 12.9. The van der Waals surface area contributed by atoms with Crippen LogP contribution < -0.4 is 0 Å². The number of fused-ring (bicyclic) bond motifs is 1. The number of halogens is 3. The van der Waals surface area contributed by atoms with Gasteiger partial charge >= 0.3 is 6.18 Å². The van der Waals surface area contributed by atoms with Crippen LogP contribution >= 0.6 is 23.1 Å². The Morgan fingerprint density at radius 2 is 2.04 bits per heavy atom. The Labute approximate surface area is 145 Å². The zero-order chi connectivity index (χ0) is 17.5. The lowest BCUT2D eigenvalue weighted by molar-refractivity contribution is -0.137. The SMILES string of the molecule is CC1(C)CC(=O)c2cnc(SCc3cscc3C(F)(F)F)nc2C1. The van der Waals surface area contributed by atoms with E-state index >= 15 is 0 Å². The first-order valence-corrected chi connectivity index (χ1v) is 9.23. The molecule has 2 aromatic heterocycles. The molecule has 0 bridgehead atoms. The minimum Gasteiger partial charge on any atom is -0.294 e. The normalized spacial score (nSPS) is 17.0. The van der Waals surface area contributed by atoms with E-state index in [4.69, 9.17) is 0 Å². The first-order chi connectivity index (χ1) is 11.2. The Balaban J connectivity index is 1.78. The summed E-state index contributed by atoms with van der Waals surface area (Å²) in [5, 5.41) is 3.02. The molecule has 0 N–H and O–H groups in total. The van der Waals surface area contributed by atoms with E-state index in [0.29, 0.717) is 29.3 Å². The number of hydrogen-bond donors (Lipinski definition) is 0. The molecule has 2 heterocycles. The monoisotopic (exact) mass is 372 g/mol. The molecule has 0 saturated carbocycles. The highest BCUT2D eigenvalue weighted by Gasteiger charge is 2.34. The van der Waals surface area contributed by atoms with Gasteiger partial charge in [-0.05, 0) is 22.8 Å². The number of carbonyl (C=O) groups is 1. The van der Waals surface area contributed by atoms with Gasteiger partial charge in [-0.15, -0.1) is 0 Å². The van der Waals surface area contributed by atoms with Gasteiger partial charge in [-0.3, -0.25) is 4.79 Å². The summed E-state index contributed by atoms with van der Waals surface area (Å²) in [4.78, 5) is 20.6. The first-order valence-electron chi connectivity index (χ1n) is 7.30. The van der Waals surface area contributed by atoms with Crippen molar-refractivity contribution in [3.63, 3.8) is 0 Å². The van der Waals surface area contributed by atoms with Crippen LogP contribution in [0.4, 0.5) is 13.2 Å². The Hall–Kier alpha value is -1.41. The predicted molar refractivity (Wildman–Crippen MR) is 87.3 cm³/mol. The van der Waals surface area contributed by atoms with E-state index in [0.717, 1.165) is 28.5 Å². The first kappa shape index (κ1) is 17.4. The lowest BCUT2D eigenvalue weighted by Crippen LogP contribution is -2.28. The molecule has 2 aromatic rings. The largest absolute Gasteiger partial charge is 0.417 e. The van der Waals surface area contributed by atoms with Crippen LogP contribution in [0, 0.1) is 5.41 Å². The van der Waals surface area contributed by atoms with Crippen LogP contribution in [0.2, 0.25) is 0 Å². The van der Waals surface area contributed by atoms with Crippen molar-refractivity contribution in [1.29, 1.82) is 0 Å². The number of ketones is 1. The van der Waals surface area contributed by atoms with E-state index in [2.05, 4.69) is 9.97 Å². The topological polar surface area (TPSA) is 42.9 Å². The van der Waals surface area contributed by atoms with Gasteiger partial charge in [0, 0.05) is 23.8 Å². The molecule has 24 heavy (non-hydrogen) atoms. The average Bonchev–Trinajstić information content (AvgIpc) is 2.92.